The van der Waals surface area contributed by atoms with E-state index < -0.39 is 19.8 Å². The Labute approximate surface area is 113 Å². The molecule has 0 saturated carbocycles. The van der Waals surface area contributed by atoms with Crippen molar-refractivity contribution in [3.8, 4) is 29.1 Å². The van der Waals surface area contributed by atoms with Gasteiger partial charge in [0.25, 0.3) is 0 Å². The number of ether oxygens (including phenoxy) is 3. The zero-order chi connectivity index (χ0) is 13.1. The number of fused-ring (bicyclic) bond motifs is 1. The average molecular weight is 360 g/mol. The van der Waals surface area contributed by atoms with Gasteiger partial charge in [0.05, 0.1) is 0 Å². The minimum absolute atomic E-state index is 0.0656. The molecule has 0 aliphatic carbocycles. The molecule has 0 unspecified atom stereocenters. The van der Waals surface area contributed by atoms with Gasteiger partial charge in [0, 0.05) is 0 Å². The zero-order valence-electron chi connectivity index (χ0n) is 10.4. The van der Waals surface area contributed by atoms with Crippen molar-refractivity contribution >= 4 is 23.6 Å². The number of hydrogen-bond acceptors (Lipinski definition) is 4. The summed E-state index contributed by atoms with van der Waals surface area (Å²) in [4.78, 5) is 15.5. The molecule has 18 heavy (non-hydrogen) atoms. The molecule has 1 aliphatic rings. The summed E-state index contributed by atoms with van der Waals surface area (Å²) in [5, 5.41) is 0. The number of halogens is 1. The van der Waals surface area contributed by atoms with Crippen molar-refractivity contribution < 1.29 is 19.0 Å². The van der Waals surface area contributed by atoms with Crippen molar-refractivity contribution in [1.82, 2.24) is 0 Å². The predicted molar refractivity (Wildman–Crippen MR) is 76.9 cm³/mol. The van der Waals surface area contributed by atoms with Crippen molar-refractivity contribution in [3.63, 3.8) is 0 Å². The number of hydrogen-bond donors (Lipinski definition) is 0. The van der Waals surface area contributed by atoms with E-state index >= 15 is 0 Å². The molecular weight excluding hydrogens is 347 g/mol. The van der Waals surface area contributed by atoms with Gasteiger partial charge in [-0.15, -0.1) is 0 Å². The Balaban J connectivity index is 2.33. The molecule has 96 valence electrons. The molecule has 1 aliphatic heterocycles. The van der Waals surface area contributed by atoms with Crippen LogP contribution in [0.3, 0.4) is 0 Å². The third-order valence-electron chi connectivity index (χ3n) is 2.31. The van der Waals surface area contributed by atoms with Gasteiger partial charge in [-0.1, -0.05) is 0 Å². The quantitative estimate of drug-likeness (QED) is 0.351. The standard InChI is InChI=1S/C13H13IO4/c1-14(2)12(15)5-4-9-6-10(16-3)13-11(7-9)17-8-18-13/h6-7H,8H2,1-3H3. The van der Waals surface area contributed by atoms with Crippen LogP contribution in [0.15, 0.2) is 12.1 Å². The van der Waals surface area contributed by atoms with Crippen LogP contribution < -0.4 is 14.2 Å². The van der Waals surface area contributed by atoms with Crippen LogP contribution in [0.1, 0.15) is 5.56 Å². The molecule has 0 aromatic heterocycles. The number of alkyl halides is 2. The van der Waals surface area contributed by atoms with Gasteiger partial charge in [-0.05, 0) is 0 Å². The number of methoxy groups -OCH3 is 1. The van der Waals surface area contributed by atoms with E-state index in [4.69, 9.17) is 14.2 Å². The van der Waals surface area contributed by atoms with Gasteiger partial charge in [-0.3, -0.25) is 0 Å². The fourth-order valence-corrected chi connectivity index (χ4v) is 2.09. The van der Waals surface area contributed by atoms with E-state index in [-0.39, 0.29) is 10.6 Å². The van der Waals surface area contributed by atoms with Gasteiger partial charge in [-0.2, -0.15) is 0 Å². The molecule has 0 spiro atoms. The molecule has 0 radical (unpaired) electrons. The normalized spacial score (nSPS) is 12.5. The van der Waals surface area contributed by atoms with E-state index in [0.29, 0.717) is 22.8 Å². The van der Waals surface area contributed by atoms with E-state index in [0.717, 1.165) is 0 Å². The van der Waals surface area contributed by atoms with Gasteiger partial charge < -0.3 is 0 Å². The summed E-state index contributed by atoms with van der Waals surface area (Å²) in [5.74, 6) is 7.30. The van der Waals surface area contributed by atoms with E-state index in [9.17, 15) is 4.79 Å². The Morgan fingerprint density at radius 2 is 2.17 bits per heavy atom. The Hall–Kier alpha value is -1.42. The molecule has 1 aromatic carbocycles. The van der Waals surface area contributed by atoms with Gasteiger partial charge in [0.1, 0.15) is 0 Å². The molecular formula is C13H13IO4. The monoisotopic (exact) mass is 360 g/mol. The first-order valence-electron chi connectivity index (χ1n) is 5.15. The van der Waals surface area contributed by atoms with Crippen molar-refractivity contribution in [1.29, 1.82) is 0 Å². The molecule has 0 fully saturated rings. The minimum atomic E-state index is -1.50. The molecule has 1 aromatic rings. The maximum atomic E-state index is 11.5. The van der Waals surface area contributed by atoms with Gasteiger partial charge in [-0.25, -0.2) is 0 Å². The first-order chi connectivity index (χ1) is 8.61. The van der Waals surface area contributed by atoms with Crippen LogP contribution in [0.25, 0.3) is 0 Å². The molecule has 5 heteroatoms. The predicted octanol–water partition coefficient (Wildman–Crippen LogP) is 2.07. The van der Waals surface area contributed by atoms with Crippen LogP contribution in [0.5, 0.6) is 17.2 Å². The van der Waals surface area contributed by atoms with Crippen LogP contribution in [0.4, 0.5) is 0 Å². The summed E-state index contributed by atoms with van der Waals surface area (Å²) in [6, 6.07) is 3.51. The average Bonchev–Trinajstić information content (AvgIpc) is 2.82. The molecule has 1 heterocycles. The van der Waals surface area contributed by atoms with Crippen LogP contribution in [-0.2, 0) is 4.79 Å². The van der Waals surface area contributed by atoms with E-state index in [1.165, 1.54) is 0 Å². The molecule has 0 bridgehead atoms. The molecule has 0 saturated heterocycles. The van der Waals surface area contributed by atoms with Crippen molar-refractivity contribution in [2.24, 2.45) is 0 Å². The maximum absolute atomic E-state index is 11.5. The van der Waals surface area contributed by atoms with E-state index in [1.54, 1.807) is 19.2 Å². The zero-order valence-corrected chi connectivity index (χ0v) is 12.5. The number of carbonyl (C=O) groups excluding carboxylic acids is 1. The van der Waals surface area contributed by atoms with Crippen LogP contribution in [-0.4, -0.2) is 27.6 Å². The fraction of sp³-hybridized carbons (Fsp3) is 0.308. The third kappa shape index (κ3) is 2.70. The number of benzene rings is 1. The molecule has 4 nitrogen and oxygen atoms in total. The first-order valence-corrected chi connectivity index (χ1v) is 10.5. The Morgan fingerprint density at radius 1 is 1.39 bits per heavy atom. The summed E-state index contributed by atoms with van der Waals surface area (Å²) in [6.45, 7) is 0.182. The summed E-state index contributed by atoms with van der Waals surface area (Å²) in [6.07, 6.45) is 0. The summed E-state index contributed by atoms with van der Waals surface area (Å²) in [5.41, 5.74) is 0.696. The van der Waals surface area contributed by atoms with Crippen molar-refractivity contribution in [2.45, 2.75) is 0 Å². The topological polar surface area (TPSA) is 44.8 Å². The number of carbonyl (C=O) groups is 1. The van der Waals surface area contributed by atoms with E-state index in [2.05, 4.69) is 11.8 Å². The third-order valence-corrected chi connectivity index (χ3v) is 4.54. The van der Waals surface area contributed by atoms with E-state index in [1.807, 2.05) is 9.86 Å². The second-order valence-corrected chi connectivity index (χ2v) is 8.99. The van der Waals surface area contributed by atoms with Crippen LogP contribution in [0, 0.1) is 11.8 Å². The molecule has 0 amide bonds. The molecule has 0 N–H and O–H groups in total. The van der Waals surface area contributed by atoms with Gasteiger partial charge >= 0.3 is 113 Å². The van der Waals surface area contributed by atoms with Crippen molar-refractivity contribution in [2.75, 3.05) is 23.8 Å². The van der Waals surface area contributed by atoms with Gasteiger partial charge in [0.15, 0.2) is 0 Å². The summed E-state index contributed by atoms with van der Waals surface area (Å²) < 4.78 is 15.8. The molecule has 2 rings (SSSR count). The van der Waals surface area contributed by atoms with Gasteiger partial charge in [0.2, 0.25) is 0 Å². The summed E-state index contributed by atoms with van der Waals surface area (Å²) >= 11 is -1.50. The SMILES string of the molecule is COc1cc(C#CC(=O)I(C)C)cc2c1OCO2. The molecule has 0 atom stereocenters. The Kier molecular flexibility index (Phi) is 3.97. The Morgan fingerprint density at radius 3 is 2.83 bits per heavy atom. The second-order valence-electron chi connectivity index (χ2n) is 3.69. The van der Waals surface area contributed by atoms with Crippen LogP contribution >= 0.6 is 19.8 Å². The summed E-state index contributed by atoms with van der Waals surface area (Å²) in [7, 11) is 1.56. The second kappa shape index (κ2) is 5.48. The fourth-order valence-electron chi connectivity index (χ4n) is 1.42. The number of rotatable bonds is 2. The van der Waals surface area contributed by atoms with Crippen LogP contribution in [0.2, 0.25) is 0 Å². The van der Waals surface area contributed by atoms with Crippen molar-refractivity contribution in [3.05, 3.63) is 17.7 Å². The Bertz CT molecular complexity index is 540. The first kappa shape index (κ1) is 13.0.